The molecule has 0 aliphatic heterocycles. The molecule has 0 aliphatic carbocycles. The summed E-state index contributed by atoms with van der Waals surface area (Å²) < 4.78 is 0. The summed E-state index contributed by atoms with van der Waals surface area (Å²) in [7, 11) is 0. The van der Waals surface area contributed by atoms with Crippen LogP contribution < -0.4 is 11.3 Å². The fourth-order valence-electron chi connectivity index (χ4n) is 1.43. The molecule has 72 valence electrons. The van der Waals surface area contributed by atoms with Gasteiger partial charge in [0.15, 0.2) is 0 Å². The van der Waals surface area contributed by atoms with Crippen molar-refractivity contribution in [1.29, 1.82) is 0 Å². The first-order valence-electron chi connectivity index (χ1n) is 4.80. The van der Waals surface area contributed by atoms with Gasteiger partial charge in [-0.15, -0.1) is 0 Å². The third-order valence-corrected chi connectivity index (χ3v) is 2.26. The van der Waals surface area contributed by atoms with Gasteiger partial charge in [0, 0.05) is 6.04 Å². The molecule has 0 saturated carbocycles. The van der Waals surface area contributed by atoms with Crippen LogP contribution in [-0.4, -0.2) is 0 Å². The summed E-state index contributed by atoms with van der Waals surface area (Å²) in [4.78, 5) is 0. The van der Waals surface area contributed by atoms with Crippen molar-refractivity contribution in [3.05, 3.63) is 35.4 Å². The minimum atomic E-state index is 0.297. The van der Waals surface area contributed by atoms with Crippen molar-refractivity contribution >= 4 is 0 Å². The molecule has 1 unspecified atom stereocenters. The van der Waals surface area contributed by atoms with Crippen LogP contribution in [0.2, 0.25) is 0 Å². The Balaban J connectivity index is 2.73. The van der Waals surface area contributed by atoms with Crippen molar-refractivity contribution < 1.29 is 0 Å². The lowest BCUT2D eigenvalue weighted by molar-refractivity contribution is 0.510. The molecule has 0 aromatic heterocycles. The van der Waals surface area contributed by atoms with Gasteiger partial charge in [0.1, 0.15) is 0 Å². The molecule has 2 heteroatoms. The SMILES string of the molecule is CCCC(NN)c1ccc(C)cc1. The Hall–Kier alpha value is -0.860. The molecule has 1 aromatic carbocycles. The number of nitrogens with one attached hydrogen (secondary N) is 1. The largest absolute Gasteiger partial charge is 0.271 e. The first kappa shape index (κ1) is 10.2. The molecule has 0 heterocycles. The number of nitrogens with two attached hydrogens (primary N) is 1. The van der Waals surface area contributed by atoms with E-state index in [1.54, 1.807) is 0 Å². The van der Waals surface area contributed by atoms with E-state index in [4.69, 9.17) is 5.84 Å². The zero-order chi connectivity index (χ0) is 9.68. The molecule has 3 N–H and O–H groups in total. The third-order valence-electron chi connectivity index (χ3n) is 2.26. The maximum Gasteiger partial charge on any atom is 0.0459 e. The Morgan fingerprint density at radius 1 is 1.31 bits per heavy atom. The highest BCUT2D eigenvalue weighted by molar-refractivity contribution is 5.23. The molecule has 0 aliphatic rings. The van der Waals surface area contributed by atoms with E-state index in [0.29, 0.717) is 6.04 Å². The topological polar surface area (TPSA) is 38.0 Å². The lowest BCUT2D eigenvalue weighted by Gasteiger charge is -2.15. The Morgan fingerprint density at radius 3 is 2.38 bits per heavy atom. The molecule has 0 bridgehead atoms. The van der Waals surface area contributed by atoms with Gasteiger partial charge >= 0.3 is 0 Å². The molecule has 2 nitrogen and oxygen atoms in total. The molecular formula is C11H18N2. The van der Waals surface area contributed by atoms with Gasteiger partial charge in [0.05, 0.1) is 0 Å². The van der Waals surface area contributed by atoms with Crippen molar-refractivity contribution in [2.45, 2.75) is 32.7 Å². The van der Waals surface area contributed by atoms with Crippen LogP contribution in [0.5, 0.6) is 0 Å². The maximum absolute atomic E-state index is 5.48. The van der Waals surface area contributed by atoms with Gasteiger partial charge in [-0.3, -0.25) is 11.3 Å². The van der Waals surface area contributed by atoms with E-state index >= 15 is 0 Å². The van der Waals surface area contributed by atoms with Crippen LogP contribution in [-0.2, 0) is 0 Å². The number of hydrogen-bond acceptors (Lipinski definition) is 2. The van der Waals surface area contributed by atoms with E-state index < -0.39 is 0 Å². The van der Waals surface area contributed by atoms with Crippen LogP contribution >= 0.6 is 0 Å². The van der Waals surface area contributed by atoms with E-state index in [-0.39, 0.29) is 0 Å². The summed E-state index contributed by atoms with van der Waals surface area (Å²) in [5.41, 5.74) is 5.40. The number of benzene rings is 1. The van der Waals surface area contributed by atoms with Gasteiger partial charge in [-0.2, -0.15) is 0 Å². The number of rotatable bonds is 4. The zero-order valence-electron chi connectivity index (χ0n) is 8.38. The van der Waals surface area contributed by atoms with E-state index in [2.05, 4.69) is 43.5 Å². The molecule has 1 aromatic rings. The minimum Gasteiger partial charge on any atom is -0.271 e. The summed E-state index contributed by atoms with van der Waals surface area (Å²) in [6, 6.07) is 8.81. The predicted octanol–water partition coefficient (Wildman–Crippen LogP) is 2.30. The second-order valence-corrected chi connectivity index (χ2v) is 3.42. The van der Waals surface area contributed by atoms with Crippen LogP contribution in [0, 0.1) is 6.92 Å². The normalized spacial score (nSPS) is 12.8. The molecule has 0 saturated heterocycles. The molecule has 0 radical (unpaired) electrons. The zero-order valence-corrected chi connectivity index (χ0v) is 8.38. The number of hydrogen-bond donors (Lipinski definition) is 2. The summed E-state index contributed by atoms with van der Waals surface area (Å²) in [6.07, 6.45) is 2.22. The van der Waals surface area contributed by atoms with Gasteiger partial charge in [-0.05, 0) is 18.9 Å². The predicted molar refractivity (Wildman–Crippen MR) is 56.2 cm³/mol. The van der Waals surface area contributed by atoms with Crippen LogP contribution in [0.3, 0.4) is 0 Å². The van der Waals surface area contributed by atoms with Crippen LogP contribution in [0.25, 0.3) is 0 Å². The molecular weight excluding hydrogens is 160 g/mol. The summed E-state index contributed by atoms with van der Waals surface area (Å²) in [6.45, 7) is 4.26. The Bertz CT molecular complexity index is 241. The van der Waals surface area contributed by atoms with Gasteiger partial charge in [-0.1, -0.05) is 43.2 Å². The van der Waals surface area contributed by atoms with E-state index in [1.807, 2.05) is 0 Å². The second-order valence-electron chi connectivity index (χ2n) is 3.42. The van der Waals surface area contributed by atoms with Crippen LogP contribution in [0.1, 0.15) is 36.9 Å². The first-order chi connectivity index (χ1) is 6.27. The van der Waals surface area contributed by atoms with Crippen molar-refractivity contribution in [3.63, 3.8) is 0 Å². The number of hydrazine groups is 1. The monoisotopic (exact) mass is 178 g/mol. The lowest BCUT2D eigenvalue weighted by atomic mass is 10.0. The van der Waals surface area contributed by atoms with Gasteiger partial charge < -0.3 is 0 Å². The summed E-state index contributed by atoms with van der Waals surface area (Å²) in [5.74, 6) is 5.48. The number of aryl methyl sites for hydroxylation is 1. The summed E-state index contributed by atoms with van der Waals surface area (Å²) >= 11 is 0. The van der Waals surface area contributed by atoms with Crippen molar-refractivity contribution in [1.82, 2.24) is 5.43 Å². The first-order valence-corrected chi connectivity index (χ1v) is 4.80. The Morgan fingerprint density at radius 2 is 1.92 bits per heavy atom. The molecule has 13 heavy (non-hydrogen) atoms. The Labute approximate surface area is 80.1 Å². The van der Waals surface area contributed by atoms with E-state index in [0.717, 1.165) is 12.8 Å². The highest BCUT2D eigenvalue weighted by Crippen LogP contribution is 2.17. The van der Waals surface area contributed by atoms with E-state index in [9.17, 15) is 0 Å². The van der Waals surface area contributed by atoms with Gasteiger partial charge in [0.2, 0.25) is 0 Å². The highest BCUT2D eigenvalue weighted by atomic mass is 15.2. The second kappa shape index (κ2) is 5.00. The van der Waals surface area contributed by atoms with Crippen molar-refractivity contribution in [2.24, 2.45) is 5.84 Å². The summed E-state index contributed by atoms with van der Waals surface area (Å²) in [5, 5.41) is 0. The minimum absolute atomic E-state index is 0.297. The standard InChI is InChI=1S/C11H18N2/c1-3-4-11(13-12)10-7-5-9(2)6-8-10/h5-8,11,13H,3-4,12H2,1-2H3. The fourth-order valence-corrected chi connectivity index (χ4v) is 1.43. The molecule has 1 rings (SSSR count). The maximum atomic E-state index is 5.48. The third kappa shape index (κ3) is 2.83. The van der Waals surface area contributed by atoms with Gasteiger partial charge in [0.25, 0.3) is 0 Å². The van der Waals surface area contributed by atoms with E-state index in [1.165, 1.54) is 11.1 Å². The average Bonchev–Trinajstić information content (AvgIpc) is 2.16. The quantitative estimate of drug-likeness (QED) is 0.548. The lowest BCUT2D eigenvalue weighted by Crippen LogP contribution is -2.27. The Kier molecular flexibility index (Phi) is 3.93. The van der Waals surface area contributed by atoms with Crippen LogP contribution in [0.4, 0.5) is 0 Å². The molecule has 0 fully saturated rings. The van der Waals surface area contributed by atoms with Crippen molar-refractivity contribution in [3.8, 4) is 0 Å². The van der Waals surface area contributed by atoms with Crippen molar-refractivity contribution in [2.75, 3.05) is 0 Å². The smallest absolute Gasteiger partial charge is 0.0459 e. The van der Waals surface area contributed by atoms with Crippen LogP contribution in [0.15, 0.2) is 24.3 Å². The highest BCUT2D eigenvalue weighted by Gasteiger charge is 2.06. The molecule has 0 spiro atoms. The molecule has 0 amide bonds. The average molecular weight is 178 g/mol. The van der Waals surface area contributed by atoms with Gasteiger partial charge in [-0.25, -0.2) is 0 Å². The molecule has 1 atom stereocenters. The fraction of sp³-hybridized carbons (Fsp3) is 0.455.